The summed E-state index contributed by atoms with van der Waals surface area (Å²) >= 11 is 3.54. The third-order valence-electron chi connectivity index (χ3n) is 3.89. The molecule has 0 fully saturated rings. The minimum Gasteiger partial charge on any atom is -0.320 e. The van der Waals surface area contributed by atoms with Crippen LogP contribution in [0.2, 0.25) is 0 Å². The van der Waals surface area contributed by atoms with E-state index < -0.39 is 0 Å². The molecule has 0 bridgehead atoms. The largest absolute Gasteiger partial charge is 0.320 e. The Labute approximate surface area is 130 Å². The normalized spacial score (nSPS) is 12.4. The zero-order valence-electron chi connectivity index (χ0n) is 12.4. The van der Waals surface area contributed by atoms with Gasteiger partial charge in [0.05, 0.1) is 6.04 Å². The number of aryl methyl sites for hydroxylation is 3. The van der Waals surface area contributed by atoms with Crippen molar-refractivity contribution >= 4 is 15.9 Å². The van der Waals surface area contributed by atoms with Gasteiger partial charge < -0.3 is 5.73 Å². The first-order valence-electron chi connectivity index (χ1n) is 7.20. The van der Waals surface area contributed by atoms with Crippen LogP contribution in [-0.4, -0.2) is 0 Å². The lowest BCUT2D eigenvalue weighted by Gasteiger charge is -2.16. The molecule has 0 aromatic heterocycles. The maximum absolute atomic E-state index is 6.44. The minimum atomic E-state index is -0.0574. The number of nitrogens with two attached hydrogens (primary N) is 1. The van der Waals surface area contributed by atoms with E-state index in [1.807, 2.05) is 0 Å². The molecule has 2 heteroatoms. The molecule has 1 nitrogen and oxygen atoms in total. The summed E-state index contributed by atoms with van der Waals surface area (Å²) in [5.74, 6) is 0. The highest BCUT2D eigenvalue weighted by Gasteiger charge is 2.11. The highest BCUT2D eigenvalue weighted by Crippen LogP contribution is 2.26. The van der Waals surface area contributed by atoms with Gasteiger partial charge in [0, 0.05) is 4.47 Å². The fraction of sp³-hybridized carbons (Fsp3) is 0.333. The van der Waals surface area contributed by atoms with Crippen LogP contribution in [0, 0.1) is 6.92 Å². The lowest BCUT2D eigenvalue weighted by Crippen LogP contribution is -2.12. The molecule has 0 saturated carbocycles. The fourth-order valence-corrected chi connectivity index (χ4v) is 2.81. The summed E-state index contributed by atoms with van der Waals surface area (Å²) in [5, 5.41) is 0. The van der Waals surface area contributed by atoms with Crippen LogP contribution in [0.1, 0.15) is 47.7 Å². The van der Waals surface area contributed by atoms with Gasteiger partial charge in [-0.1, -0.05) is 60.1 Å². The zero-order valence-corrected chi connectivity index (χ0v) is 14.0. The molecule has 1 atom stereocenters. The van der Waals surface area contributed by atoms with Gasteiger partial charge in [0.2, 0.25) is 0 Å². The van der Waals surface area contributed by atoms with E-state index in [0.717, 1.165) is 22.9 Å². The monoisotopic (exact) mass is 331 g/mol. The molecule has 0 amide bonds. The van der Waals surface area contributed by atoms with Crippen LogP contribution in [0.15, 0.2) is 40.9 Å². The first kappa shape index (κ1) is 15.3. The van der Waals surface area contributed by atoms with Gasteiger partial charge in [0.25, 0.3) is 0 Å². The van der Waals surface area contributed by atoms with Crippen LogP contribution in [0.25, 0.3) is 0 Å². The maximum Gasteiger partial charge on any atom is 0.0551 e. The van der Waals surface area contributed by atoms with E-state index >= 15 is 0 Å². The summed E-state index contributed by atoms with van der Waals surface area (Å²) in [5.41, 5.74) is 12.9. The van der Waals surface area contributed by atoms with Gasteiger partial charge >= 0.3 is 0 Å². The Kier molecular flexibility index (Phi) is 5.00. The van der Waals surface area contributed by atoms with Crippen LogP contribution in [-0.2, 0) is 12.8 Å². The highest BCUT2D eigenvalue weighted by molar-refractivity contribution is 9.10. The maximum atomic E-state index is 6.44. The average Bonchev–Trinajstić information content (AvgIpc) is 2.48. The smallest absolute Gasteiger partial charge is 0.0551 e. The highest BCUT2D eigenvalue weighted by atomic mass is 79.9. The predicted molar refractivity (Wildman–Crippen MR) is 90.1 cm³/mol. The van der Waals surface area contributed by atoms with Crippen molar-refractivity contribution in [2.75, 3.05) is 0 Å². The second-order valence-corrected chi connectivity index (χ2v) is 6.08. The van der Waals surface area contributed by atoms with Gasteiger partial charge in [0.1, 0.15) is 0 Å². The van der Waals surface area contributed by atoms with Crippen molar-refractivity contribution in [1.29, 1.82) is 0 Å². The SMILES string of the molecule is CCc1ccc(C(N)c2ccc(Br)c(C)c2)cc1CC. The van der Waals surface area contributed by atoms with Crippen molar-refractivity contribution in [3.8, 4) is 0 Å². The molecule has 2 aromatic carbocycles. The second kappa shape index (κ2) is 6.55. The van der Waals surface area contributed by atoms with Crippen molar-refractivity contribution in [1.82, 2.24) is 0 Å². The molecule has 2 rings (SSSR count). The minimum absolute atomic E-state index is 0.0574. The van der Waals surface area contributed by atoms with Gasteiger partial charge in [-0.05, 0) is 53.6 Å². The van der Waals surface area contributed by atoms with Gasteiger partial charge in [-0.25, -0.2) is 0 Å². The van der Waals surface area contributed by atoms with Crippen LogP contribution in [0.4, 0.5) is 0 Å². The van der Waals surface area contributed by atoms with E-state index in [1.165, 1.54) is 22.3 Å². The summed E-state index contributed by atoms with van der Waals surface area (Å²) in [6.45, 7) is 6.50. The molecule has 0 saturated heterocycles. The van der Waals surface area contributed by atoms with Crippen molar-refractivity contribution in [3.05, 3.63) is 68.7 Å². The Morgan fingerprint density at radius 3 is 2.15 bits per heavy atom. The Balaban J connectivity index is 2.37. The first-order chi connectivity index (χ1) is 9.56. The number of hydrogen-bond donors (Lipinski definition) is 1. The van der Waals surface area contributed by atoms with Crippen LogP contribution >= 0.6 is 15.9 Å². The number of hydrogen-bond acceptors (Lipinski definition) is 1. The van der Waals surface area contributed by atoms with Gasteiger partial charge in [0.15, 0.2) is 0 Å². The van der Waals surface area contributed by atoms with Crippen LogP contribution in [0.3, 0.4) is 0 Å². The van der Waals surface area contributed by atoms with Crippen LogP contribution in [0.5, 0.6) is 0 Å². The fourth-order valence-electron chi connectivity index (χ4n) is 2.57. The average molecular weight is 332 g/mol. The predicted octanol–water partition coefficient (Wildman–Crippen LogP) is 4.93. The molecule has 2 aromatic rings. The molecule has 0 radical (unpaired) electrons. The summed E-state index contributed by atoms with van der Waals surface area (Å²) < 4.78 is 1.13. The summed E-state index contributed by atoms with van der Waals surface area (Å²) in [6.07, 6.45) is 2.14. The molecule has 1 unspecified atom stereocenters. The standard InChI is InChI=1S/C18H22BrN/c1-4-13-6-7-16(11-14(13)5-2)18(20)15-8-9-17(19)12(3)10-15/h6-11,18H,4-5,20H2,1-3H3. The zero-order chi connectivity index (χ0) is 14.7. The van der Waals surface area contributed by atoms with Crippen molar-refractivity contribution < 1.29 is 0 Å². The van der Waals surface area contributed by atoms with E-state index in [0.29, 0.717) is 0 Å². The molecule has 0 spiro atoms. The van der Waals surface area contributed by atoms with E-state index in [-0.39, 0.29) is 6.04 Å². The van der Waals surface area contributed by atoms with E-state index in [2.05, 4.69) is 73.1 Å². The molecule has 20 heavy (non-hydrogen) atoms. The van der Waals surface area contributed by atoms with Gasteiger partial charge in [-0.15, -0.1) is 0 Å². The molecular formula is C18H22BrN. The topological polar surface area (TPSA) is 26.0 Å². The third-order valence-corrected chi connectivity index (χ3v) is 4.78. The summed E-state index contributed by atoms with van der Waals surface area (Å²) in [6, 6.07) is 12.9. The Morgan fingerprint density at radius 1 is 0.950 bits per heavy atom. The second-order valence-electron chi connectivity index (χ2n) is 5.22. The van der Waals surface area contributed by atoms with E-state index in [1.54, 1.807) is 0 Å². The number of rotatable bonds is 4. The Hall–Kier alpha value is -1.12. The molecule has 106 valence electrons. The van der Waals surface area contributed by atoms with E-state index in [9.17, 15) is 0 Å². The van der Waals surface area contributed by atoms with Gasteiger partial charge in [-0.3, -0.25) is 0 Å². The molecule has 0 aliphatic rings. The molecule has 0 aliphatic heterocycles. The number of halogens is 1. The first-order valence-corrected chi connectivity index (χ1v) is 7.99. The van der Waals surface area contributed by atoms with Crippen molar-refractivity contribution in [2.24, 2.45) is 5.73 Å². The van der Waals surface area contributed by atoms with Crippen molar-refractivity contribution in [2.45, 2.75) is 39.7 Å². The quantitative estimate of drug-likeness (QED) is 0.844. The Morgan fingerprint density at radius 2 is 1.55 bits per heavy atom. The van der Waals surface area contributed by atoms with Crippen LogP contribution < -0.4 is 5.73 Å². The van der Waals surface area contributed by atoms with Gasteiger partial charge in [-0.2, -0.15) is 0 Å². The summed E-state index contributed by atoms with van der Waals surface area (Å²) in [7, 11) is 0. The summed E-state index contributed by atoms with van der Waals surface area (Å²) in [4.78, 5) is 0. The lowest BCUT2D eigenvalue weighted by molar-refractivity contribution is 0.861. The van der Waals surface area contributed by atoms with Crippen molar-refractivity contribution in [3.63, 3.8) is 0 Å². The van der Waals surface area contributed by atoms with E-state index in [4.69, 9.17) is 5.73 Å². The molecular weight excluding hydrogens is 310 g/mol. The molecule has 2 N–H and O–H groups in total. The molecule has 0 aliphatic carbocycles. The lowest BCUT2D eigenvalue weighted by atomic mass is 9.93. The third kappa shape index (κ3) is 3.13. The number of benzene rings is 2. The molecule has 0 heterocycles. The Bertz CT molecular complexity index is 604.